The summed E-state index contributed by atoms with van der Waals surface area (Å²) in [6.45, 7) is 0.368. The third-order valence-electron chi connectivity index (χ3n) is 3.75. The Morgan fingerprint density at radius 1 is 1.04 bits per heavy atom. The van der Waals surface area contributed by atoms with E-state index in [2.05, 4.69) is 5.32 Å². The third-order valence-corrected chi connectivity index (χ3v) is 3.75. The number of nitrogens with one attached hydrogen (secondary N) is 1. The number of aromatic nitrogens is 1. The topological polar surface area (TPSA) is 170 Å². The number of hydrogen-bond acceptors (Lipinski definition) is 9. The molecule has 0 atom stereocenters. The maximum Gasteiger partial charge on any atom is 0.333 e. The normalized spacial score (nSPS) is 10.4. The minimum Gasteiger partial charge on any atom is -0.492 e. The van der Waals surface area contributed by atoms with Crippen molar-refractivity contribution in [1.29, 1.82) is 0 Å². The number of rotatable bonds is 10. The van der Waals surface area contributed by atoms with Gasteiger partial charge in [0.2, 0.25) is 11.8 Å². The van der Waals surface area contributed by atoms with Gasteiger partial charge in [-0.25, -0.2) is 4.79 Å². The van der Waals surface area contributed by atoms with Crippen LogP contribution in [0.4, 0.5) is 17.1 Å². The molecule has 0 amide bonds. The van der Waals surface area contributed by atoms with Gasteiger partial charge in [0.05, 0.1) is 15.9 Å². The van der Waals surface area contributed by atoms with Crippen molar-refractivity contribution in [2.75, 3.05) is 11.9 Å². The molecule has 0 unspecified atom stereocenters. The molecule has 0 aliphatic heterocycles. The number of benzene rings is 1. The van der Waals surface area contributed by atoms with E-state index < -0.39 is 27.6 Å². The summed E-state index contributed by atoms with van der Waals surface area (Å²) in [5.41, 5.74) is -0.576. The summed E-state index contributed by atoms with van der Waals surface area (Å²) in [5, 5.41) is 43.3. The van der Waals surface area contributed by atoms with Gasteiger partial charge in [-0.3, -0.25) is 20.2 Å². The van der Waals surface area contributed by atoms with Gasteiger partial charge in [0.15, 0.2) is 0 Å². The lowest BCUT2D eigenvalue weighted by Crippen LogP contribution is -2.18. The van der Waals surface area contributed by atoms with Crippen molar-refractivity contribution in [2.24, 2.45) is 0 Å². The van der Waals surface area contributed by atoms with E-state index >= 15 is 0 Å². The zero-order valence-corrected chi connectivity index (χ0v) is 14.6. The second-order valence-electron chi connectivity index (χ2n) is 5.76. The zero-order valence-electron chi connectivity index (χ0n) is 14.6. The van der Waals surface area contributed by atoms with Crippen molar-refractivity contribution in [2.45, 2.75) is 25.7 Å². The number of nitro groups is 2. The van der Waals surface area contributed by atoms with Gasteiger partial charge < -0.3 is 20.4 Å². The second kappa shape index (κ2) is 9.21. The van der Waals surface area contributed by atoms with Crippen LogP contribution >= 0.6 is 0 Å². The lowest BCUT2D eigenvalue weighted by atomic mass is 10.2. The fourth-order valence-corrected chi connectivity index (χ4v) is 2.37. The zero-order chi connectivity index (χ0) is 20.7. The number of nitrogens with zero attached hydrogens (tertiary/aromatic N) is 3. The highest BCUT2D eigenvalue weighted by molar-refractivity contribution is 5.69. The molecular weight excluding hydrogens is 376 g/mol. The smallest absolute Gasteiger partial charge is 0.333 e. The highest BCUT2D eigenvalue weighted by Gasteiger charge is 2.19. The van der Waals surface area contributed by atoms with E-state index in [4.69, 9.17) is 4.84 Å². The van der Waals surface area contributed by atoms with E-state index in [1.807, 2.05) is 0 Å². The number of anilines is 1. The SMILES string of the molecule is O=C(CCCCCNc1ccc([N+](=O)[O-])cc1[N+](=O)[O-])On1c(O)ccc1O. The molecule has 1 aromatic heterocycles. The Morgan fingerprint density at radius 3 is 2.32 bits per heavy atom. The predicted octanol–water partition coefficient (Wildman–Crippen LogP) is 2.34. The lowest BCUT2D eigenvalue weighted by molar-refractivity contribution is -0.393. The fourth-order valence-electron chi connectivity index (χ4n) is 2.37. The quantitative estimate of drug-likeness (QED) is 0.311. The summed E-state index contributed by atoms with van der Waals surface area (Å²) in [7, 11) is 0. The number of carbonyl (C=O) groups is 1. The van der Waals surface area contributed by atoms with Gasteiger partial charge in [-0.15, -0.1) is 4.73 Å². The Hall–Kier alpha value is -3.83. The molecule has 0 radical (unpaired) electrons. The molecule has 2 aromatic rings. The molecule has 0 aliphatic rings. The van der Waals surface area contributed by atoms with Crippen LogP contribution in [0.1, 0.15) is 25.7 Å². The first-order chi connectivity index (χ1) is 13.3. The van der Waals surface area contributed by atoms with Gasteiger partial charge in [0, 0.05) is 31.2 Å². The maximum atomic E-state index is 11.7. The summed E-state index contributed by atoms with van der Waals surface area (Å²) in [5.74, 6) is -1.44. The van der Waals surface area contributed by atoms with Crippen LogP contribution in [0.25, 0.3) is 0 Å². The molecule has 0 aliphatic carbocycles. The predicted molar refractivity (Wildman–Crippen MR) is 96.1 cm³/mol. The summed E-state index contributed by atoms with van der Waals surface area (Å²) >= 11 is 0. The van der Waals surface area contributed by atoms with E-state index in [1.165, 1.54) is 24.3 Å². The summed E-state index contributed by atoms with van der Waals surface area (Å²) in [6.07, 6.45) is 1.70. The van der Waals surface area contributed by atoms with Crippen LogP contribution in [0.3, 0.4) is 0 Å². The highest BCUT2D eigenvalue weighted by Crippen LogP contribution is 2.28. The van der Waals surface area contributed by atoms with Gasteiger partial charge >= 0.3 is 5.97 Å². The molecule has 150 valence electrons. The van der Waals surface area contributed by atoms with E-state index in [0.29, 0.717) is 30.5 Å². The lowest BCUT2D eigenvalue weighted by Gasteiger charge is -2.08. The summed E-state index contributed by atoms with van der Waals surface area (Å²) in [6, 6.07) is 5.70. The Balaban J connectivity index is 1.74. The van der Waals surface area contributed by atoms with Crippen molar-refractivity contribution in [3.63, 3.8) is 0 Å². The maximum absolute atomic E-state index is 11.7. The van der Waals surface area contributed by atoms with Crippen LogP contribution < -0.4 is 10.2 Å². The Kier molecular flexibility index (Phi) is 6.73. The minimum absolute atomic E-state index is 0.0503. The summed E-state index contributed by atoms with van der Waals surface area (Å²) in [4.78, 5) is 36.8. The molecule has 12 heteroatoms. The number of carbonyl (C=O) groups excluding carboxylic acids is 1. The van der Waals surface area contributed by atoms with Crippen LogP contribution in [0, 0.1) is 20.2 Å². The molecule has 28 heavy (non-hydrogen) atoms. The molecular formula is C16H18N4O8. The van der Waals surface area contributed by atoms with E-state index in [0.717, 1.165) is 6.07 Å². The van der Waals surface area contributed by atoms with Crippen LogP contribution in [-0.2, 0) is 4.79 Å². The molecule has 1 heterocycles. The molecule has 0 saturated carbocycles. The standard InChI is InChI=1S/C16H18N4O8/c21-14-7-8-15(22)18(14)28-16(23)4-2-1-3-9-17-12-6-5-11(19(24)25)10-13(12)20(26)27/h5-8,10,17,21-22H,1-4,9H2. The first kappa shape index (κ1) is 20.5. The average molecular weight is 394 g/mol. The van der Waals surface area contributed by atoms with Crippen LogP contribution in [0.15, 0.2) is 30.3 Å². The molecule has 0 bridgehead atoms. The van der Waals surface area contributed by atoms with Gasteiger partial charge in [0.1, 0.15) is 5.69 Å². The molecule has 1 aromatic carbocycles. The Morgan fingerprint density at radius 2 is 1.71 bits per heavy atom. The van der Waals surface area contributed by atoms with E-state index in [-0.39, 0.29) is 23.5 Å². The molecule has 12 nitrogen and oxygen atoms in total. The van der Waals surface area contributed by atoms with Crippen molar-refractivity contribution in [3.8, 4) is 11.8 Å². The largest absolute Gasteiger partial charge is 0.492 e. The molecule has 2 rings (SSSR count). The first-order valence-electron chi connectivity index (χ1n) is 8.27. The number of non-ortho nitro benzene ring substituents is 1. The molecule has 3 N–H and O–H groups in total. The van der Waals surface area contributed by atoms with Crippen LogP contribution in [-0.4, -0.2) is 37.3 Å². The monoisotopic (exact) mass is 394 g/mol. The van der Waals surface area contributed by atoms with Crippen molar-refractivity contribution in [3.05, 3.63) is 50.6 Å². The number of aromatic hydroxyl groups is 2. The molecule has 0 spiro atoms. The van der Waals surface area contributed by atoms with Crippen molar-refractivity contribution in [1.82, 2.24) is 4.73 Å². The average Bonchev–Trinajstić information content (AvgIpc) is 2.96. The van der Waals surface area contributed by atoms with E-state index in [9.17, 15) is 35.2 Å². The molecule has 0 fully saturated rings. The van der Waals surface area contributed by atoms with Gasteiger partial charge in [-0.2, -0.15) is 0 Å². The fraction of sp³-hybridized carbons (Fsp3) is 0.312. The Labute approximate surface area is 158 Å². The van der Waals surface area contributed by atoms with Gasteiger partial charge in [-0.1, -0.05) is 6.42 Å². The number of hydrogen-bond donors (Lipinski definition) is 3. The van der Waals surface area contributed by atoms with Crippen LogP contribution in [0.5, 0.6) is 11.8 Å². The minimum atomic E-state index is -0.705. The number of nitro benzene ring substituents is 2. The van der Waals surface area contributed by atoms with Crippen molar-refractivity contribution < 1.29 is 29.7 Å². The molecule has 0 saturated heterocycles. The number of unbranched alkanes of at least 4 members (excludes halogenated alkanes) is 2. The first-order valence-corrected chi connectivity index (χ1v) is 8.27. The van der Waals surface area contributed by atoms with Crippen molar-refractivity contribution >= 4 is 23.0 Å². The second-order valence-corrected chi connectivity index (χ2v) is 5.76. The Bertz CT molecular complexity index is 860. The van der Waals surface area contributed by atoms with Gasteiger partial charge in [-0.05, 0) is 18.9 Å². The van der Waals surface area contributed by atoms with E-state index in [1.54, 1.807) is 0 Å². The van der Waals surface area contributed by atoms with Gasteiger partial charge in [0.25, 0.3) is 11.4 Å². The summed E-state index contributed by atoms with van der Waals surface area (Å²) < 4.78 is 0.609. The highest BCUT2D eigenvalue weighted by atomic mass is 16.7. The third kappa shape index (κ3) is 5.33. The van der Waals surface area contributed by atoms with Crippen LogP contribution in [0.2, 0.25) is 0 Å².